The van der Waals surface area contributed by atoms with Crippen LogP contribution in [0.25, 0.3) is 0 Å². The van der Waals surface area contributed by atoms with E-state index in [2.05, 4.69) is 36.4 Å². The van der Waals surface area contributed by atoms with Crippen molar-refractivity contribution in [1.82, 2.24) is 0 Å². The fourth-order valence-corrected chi connectivity index (χ4v) is 8.27. The number of carbonyl (C=O) groups excluding carboxylic acids is 1. The van der Waals surface area contributed by atoms with Gasteiger partial charge in [0.1, 0.15) is 23.2 Å². The molecule has 0 fully saturated rings. The molecule has 2 nitrogen and oxygen atoms in total. The summed E-state index contributed by atoms with van der Waals surface area (Å²) in [5.74, 6) is -0.376. The molecule has 0 saturated carbocycles. The van der Waals surface area contributed by atoms with Crippen LogP contribution < -0.4 is 28.3 Å². The molecule has 0 aliphatic carbocycles. The normalized spacial score (nSPS) is 11.9. The van der Waals surface area contributed by atoms with Crippen LogP contribution in [0.15, 0.2) is 91.0 Å². The lowest BCUT2D eigenvalue weighted by molar-refractivity contribution is -0.140. The third-order valence-electron chi connectivity index (χ3n) is 4.31. The Morgan fingerprint density at radius 3 is 1.44 bits per heavy atom. The lowest BCUT2D eigenvalue weighted by atomic mass is 10.4. The molecule has 0 spiro atoms. The first-order valence-corrected chi connectivity index (χ1v) is 10.9. The first kappa shape index (κ1) is 21.4. The summed E-state index contributed by atoms with van der Waals surface area (Å²) in [6, 6.07) is 30.2. The molecule has 0 N–H and O–H groups in total. The molecule has 1 atom stereocenters. The van der Waals surface area contributed by atoms with Crippen LogP contribution in [0.2, 0.25) is 0 Å². The average molecular weight is 419 g/mol. The molecule has 0 aromatic heterocycles. The highest BCUT2D eigenvalue weighted by molar-refractivity contribution is 7.98. The third-order valence-corrected chi connectivity index (χ3v) is 9.60. The summed E-state index contributed by atoms with van der Waals surface area (Å²) in [6.07, 6.45) is 0. The first-order chi connectivity index (χ1) is 12.7. The van der Waals surface area contributed by atoms with E-state index in [9.17, 15) is 4.79 Å². The highest BCUT2D eigenvalue weighted by Crippen LogP contribution is 2.61. The molecular weight excluding hydrogens is 398 g/mol. The highest BCUT2D eigenvalue weighted by atomic mass is 35.5. The molecule has 0 radical (unpaired) electrons. The number of carbonyl (C=O) groups is 1. The summed E-state index contributed by atoms with van der Waals surface area (Å²) >= 11 is 6.91. The summed E-state index contributed by atoms with van der Waals surface area (Å²) in [5.41, 5.74) is 0. The lowest BCUT2D eigenvalue weighted by Crippen LogP contribution is -3.00. The molecule has 5 heteroatoms. The van der Waals surface area contributed by atoms with E-state index in [0.717, 1.165) is 15.9 Å². The van der Waals surface area contributed by atoms with Crippen LogP contribution in [0.5, 0.6) is 0 Å². The van der Waals surface area contributed by atoms with E-state index in [4.69, 9.17) is 16.3 Å². The van der Waals surface area contributed by atoms with Gasteiger partial charge in [-0.25, -0.2) is 4.79 Å². The molecule has 0 aliphatic rings. The monoisotopic (exact) mass is 418 g/mol. The molecule has 0 aliphatic heterocycles. The van der Waals surface area contributed by atoms with Gasteiger partial charge in [0.2, 0.25) is 0 Å². The standard InChI is InChI=1S/C22H21ClO2P.ClH/c1-2-25-22(24)21(23)26(18-12-6-3-7-13-18,19-14-8-4-9-15-19)20-16-10-5-11-17-20;/h3-17,21H,2H2,1H3;1H/q+1;/p-1. The minimum atomic E-state index is -2.44. The van der Waals surface area contributed by atoms with Crippen molar-refractivity contribution in [2.24, 2.45) is 0 Å². The largest absolute Gasteiger partial charge is 1.00 e. The van der Waals surface area contributed by atoms with Gasteiger partial charge in [0.05, 0.1) is 6.61 Å². The quantitative estimate of drug-likeness (QED) is 0.340. The predicted octanol–water partition coefficient (Wildman–Crippen LogP) is 1.11. The van der Waals surface area contributed by atoms with Crippen LogP contribution in [0, 0.1) is 0 Å². The van der Waals surface area contributed by atoms with Crippen molar-refractivity contribution in [2.45, 2.75) is 12.0 Å². The van der Waals surface area contributed by atoms with Gasteiger partial charge >= 0.3 is 5.97 Å². The Kier molecular flexibility index (Phi) is 7.86. The fourth-order valence-electron chi connectivity index (χ4n) is 3.20. The van der Waals surface area contributed by atoms with Crippen LogP contribution in [0.3, 0.4) is 0 Å². The highest BCUT2D eigenvalue weighted by Gasteiger charge is 2.55. The summed E-state index contributed by atoms with van der Waals surface area (Å²) in [4.78, 5) is 12.8. The molecule has 1 unspecified atom stereocenters. The van der Waals surface area contributed by atoms with Gasteiger partial charge in [-0.15, -0.1) is 0 Å². The van der Waals surface area contributed by atoms with Gasteiger partial charge in [0.15, 0.2) is 0 Å². The van der Waals surface area contributed by atoms with E-state index in [1.807, 2.05) is 54.6 Å². The number of hydrogen-bond donors (Lipinski definition) is 0. The topological polar surface area (TPSA) is 26.3 Å². The number of hydrogen-bond acceptors (Lipinski definition) is 2. The fraction of sp³-hybridized carbons (Fsp3) is 0.136. The van der Waals surface area contributed by atoms with E-state index in [-0.39, 0.29) is 18.4 Å². The van der Waals surface area contributed by atoms with E-state index >= 15 is 0 Å². The van der Waals surface area contributed by atoms with Gasteiger partial charge in [0.25, 0.3) is 5.12 Å². The van der Waals surface area contributed by atoms with Gasteiger partial charge in [-0.2, -0.15) is 0 Å². The van der Waals surface area contributed by atoms with Crippen LogP contribution in [-0.4, -0.2) is 17.7 Å². The van der Waals surface area contributed by atoms with Gasteiger partial charge in [-0.05, 0) is 43.3 Å². The van der Waals surface area contributed by atoms with Crippen molar-refractivity contribution in [3.8, 4) is 0 Å². The van der Waals surface area contributed by atoms with Gasteiger partial charge in [-0.3, -0.25) is 0 Å². The second-order valence-electron chi connectivity index (χ2n) is 5.82. The number of benzene rings is 3. The van der Waals surface area contributed by atoms with Gasteiger partial charge < -0.3 is 17.1 Å². The Morgan fingerprint density at radius 1 is 0.815 bits per heavy atom. The molecule has 0 bridgehead atoms. The maximum absolute atomic E-state index is 12.8. The number of rotatable bonds is 6. The summed E-state index contributed by atoms with van der Waals surface area (Å²) in [6.45, 7) is 2.11. The van der Waals surface area contributed by atoms with Crippen molar-refractivity contribution in [2.75, 3.05) is 6.61 Å². The van der Waals surface area contributed by atoms with Gasteiger partial charge in [0, 0.05) is 0 Å². The Labute approximate surface area is 172 Å². The van der Waals surface area contributed by atoms with Crippen molar-refractivity contribution in [3.63, 3.8) is 0 Å². The SMILES string of the molecule is CCOC(=O)C(Cl)[P+](c1ccccc1)(c1ccccc1)c1ccccc1.[Cl-]. The first-order valence-electron chi connectivity index (χ1n) is 8.57. The molecule has 3 rings (SSSR count). The van der Waals surface area contributed by atoms with Crippen LogP contribution in [-0.2, 0) is 9.53 Å². The number of alkyl halides is 1. The van der Waals surface area contributed by atoms with Crippen molar-refractivity contribution in [1.29, 1.82) is 0 Å². The molecule has 3 aromatic carbocycles. The van der Waals surface area contributed by atoms with Crippen LogP contribution in [0.4, 0.5) is 0 Å². The molecule has 27 heavy (non-hydrogen) atoms. The third kappa shape index (κ3) is 4.19. The van der Waals surface area contributed by atoms with E-state index in [1.54, 1.807) is 6.92 Å². The van der Waals surface area contributed by atoms with Crippen molar-refractivity contribution in [3.05, 3.63) is 91.0 Å². The zero-order chi connectivity index (χ0) is 18.4. The zero-order valence-electron chi connectivity index (χ0n) is 15.0. The van der Waals surface area contributed by atoms with E-state index < -0.39 is 12.4 Å². The molecule has 140 valence electrons. The Hall–Kier alpha value is -1.86. The zero-order valence-corrected chi connectivity index (χ0v) is 17.4. The Balaban J connectivity index is 0.00000261. The van der Waals surface area contributed by atoms with Gasteiger partial charge in [-0.1, -0.05) is 66.2 Å². The van der Waals surface area contributed by atoms with Crippen LogP contribution in [0.1, 0.15) is 6.92 Å². The lowest BCUT2D eigenvalue weighted by Gasteiger charge is -2.30. The Morgan fingerprint density at radius 2 is 1.15 bits per heavy atom. The summed E-state index contributed by atoms with van der Waals surface area (Å²) in [5, 5.41) is 2.39. The summed E-state index contributed by atoms with van der Waals surface area (Å²) in [7, 11) is -2.44. The molecule has 0 heterocycles. The second-order valence-corrected chi connectivity index (χ2v) is 10.1. The smallest absolute Gasteiger partial charge is 0.364 e. The molecular formula is C22H21Cl2O2P. The van der Waals surface area contributed by atoms with Crippen molar-refractivity contribution < 1.29 is 21.9 Å². The minimum Gasteiger partial charge on any atom is -1.00 e. The number of ether oxygens (including phenoxy) is 1. The van der Waals surface area contributed by atoms with Crippen molar-refractivity contribution >= 4 is 40.7 Å². The van der Waals surface area contributed by atoms with Crippen LogP contribution >= 0.6 is 18.9 Å². The number of halogens is 2. The minimum absolute atomic E-state index is 0. The maximum Gasteiger partial charge on any atom is 0.364 e. The second kappa shape index (κ2) is 9.90. The molecule has 3 aromatic rings. The summed E-state index contributed by atoms with van der Waals surface area (Å²) < 4.78 is 5.33. The maximum atomic E-state index is 12.8. The molecule has 0 saturated heterocycles. The Bertz CT molecular complexity index is 745. The predicted molar refractivity (Wildman–Crippen MR) is 111 cm³/mol. The molecule has 0 amide bonds. The average Bonchev–Trinajstić information content (AvgIpc) is 2.71. The van der Waals surface area contributed by atoms with E-state index in [1.165, 1.54) is 0 Å². The number of esters is 1. The van der Waals surface area contributed by atoms with E-state index in [0.29, 0.717) is 6.61 Å².